The van der Waals surface area contributed by atoms with E-state index in [2.05, 4.69) is 36.4 Å². The summed E-state index contributed by atoms with van der Waals surface area (Å²) in [4.78, 5) is 3.59. The van der Waals surface area contributed by atoms with Crippen molar-refractivity contribution in [3.63, 3.8) is 0 Å². The first-order valence-electron chi connectivity index (χ1n) is 6.07. The Balaban J connectivity index is 2.63. The van der Waals surface area contributed by atoms with Crippen LogP contribution in [-0.2, 0) is 15.9 Å². The first-order chi connectivity index (χ1) is 8.58. The summed E-state index contributed by atoms with van der Waals surface area (Å²) in [6, 6.07) is 4.23. The van der Waals surface area contributed by atoms with E-state index in [1.807, 2.05) is 0 Å². The molecule has 1 aromatic heterocycles. The van der Waals surface area contributed by atoms with Gasteiger partial charge in [0.05, 0.1) is 5.54 Å². The number of nitrogens with zero attached hydrogens (tertiary/aromatic N) is 1. The van der Waals surface area contributed by atoms with E-state index in [0.717, 1.165) is 13.0 Å². The largest absolute Gasteiger partial charge is 0.354 e. The molecule has 1 aromatic rings. The molecular formula is C13H24N2O2S. The van der Waals surface area contributed by atoms with Crippen molar-refractivity contribution in [1.82, 2.24) is 4.90 Å². The molecule has 2 N–H and O–H groups in total. The minimum Gasteiger partial charge on any atom is -0.354 e. The van der Waals surface area contributed by atoms with Crippen LogP contribution in [0.1, 0.15) is 11.8 Å². The average Bonchev–Trinajstić information content (AvgIpc) is 2.90. The molecular weight excluding hydrogens is 248 g/mol. The molecule has 0 saturated carbocycles. The first-order valence-corrected chi connectivity index (χ1v) is 6.95. The quantitative estimate of drug-likeness (QED) is 0.730. The van der Waals surface area contributed by atoms with Crippen LogP contribution in [0.3, 0.4) is 0 Å². The van der Waals surface area contributed by atoms with E-state index in [0.29, 0.717) is 6.54 Å². The van der Waals surface area contributed by atoms with Crippen molar-refractivity contribution in [3.05, 3.63) is 22.4 Å². The molecule has 0 bridgehead atoms. The fourth-order valence-corrected chi connectivity index (χ4v) is 2.72. The van der Waals surface area contributed by atoms with Gasteiger partial charge in [-0.2, -0.15) is 0 Å². The monoisotopic (exact) mass is 272 g/mol. The Kier molecular flexibility index (Phi) is 6.25. The summed E-state index contributed by atoms with van der Waals surface area (Å²) in [6.07, 6.45) is 0.694. The van der Waals surface area contributed by atoms with Gasteiger partial charge in [-0.25, -0.2) is 0 Å². The van der Waals surface area contributed by atoms with Crippen LogP contribution in [0, 0.1) is 0 Å². The Labute approximate surface area is 114 Å². The van der Waals surface area contributed by atoms with Gasteiger partial charge in [0.25, 0.3) is 0 Å². The number of hydrogen-bond acceptors (Lipinski definition) is 5. The van der Waals surface area contributed by atoms with Crippen LogP contribution in [0.25, 0.3) is 0 Å². The van der Waals surface area contributed by atoms with Crippen molar-refractivity contribution in [2.24, 2.45) is 5.73 Å². The van der Waals surface area contributed by atoms with Crippen molar-refractivity contribution in [2.45, 2.75) is 25.2 Å². The van der Waals surface area contributed by atoms with Crippen LogP contribution < -0.4 is 5.73 Å². The molecule has 0 saturated heterocycles. The first kappa shape index (κ1) is 15.6. The molecule has 5 heteroatoms. The van der Waals surface area contributed by atoms with E-state index in [1.54, 1.807) is 25.6 Å². The second kappa shape index (κ2) is 7.21. The summed E-state index contributed by atoms with van der Waals surface area (Å²) in [5.74, 6) is 0. The summed E-state index contributed by atoms with van der Waals surface area (Å²) in [5, 5.41) is 2.10. The highest BCUT2D eigenvalue weighted by Crippen LogP contribution is 2.21. The maximum absolute atomic E-state index is 5.91. The Morgan fingerprint density at radius 2 is 2.11 bits per heavy atom. The van der Waals surface area contributed by atoms with E-state index in [1.165, 1.54) is 4.88 Å². The molecule has 0 aliphatic carbocycles. The fraction of sp³-hybridized carbons (Fsp3) is 0.692. The van der Waals surface area contributed by atoms with Crippen LogP contribution >= 0.6 is 11.3 Å². The SMILES string of the molecule is COC(OC)C(C)(CN)N(C)CCc1cccs1. The Bertz CT molecular complexity index is 328. The maximum atomic E-state index is 5.91. The molecule has 0 spiro atoms. The highest BCUT2D eigenvalue weighted by atomic mass is 32.1. The molecule has 1 atom stereocenters. The average molecular weight is 272 g/mol. The van der Waals surface area contributed by atoms with Gasteiger partial charge in [0.15, 0.2) is 6.29 Å². The Hall–Kier alpha value is -0.460. The number of nitrogens with two attached hydrogens (primary N) is 1. The summed E-state index contributed by atoms with van der Waals surface area (Å²) < 4.78 is 10.7. The van der Waals surface area contributed by atoms with Crippen molar-refractivity contribution in [2.75, 3.05) is 34.4 Å². The topological polar surface area (TPSA) is 47.7 Å². The van der Waals surface area contributed by atoms with Crippen LogP contribution in [-0.4, -0.2) is 51.1 Å². The van der Waals surface area contributed by atoms with Gasteiger partial charge in [-0.3, -0.25) is 4.90 Å². The molecule has 1 heterocycles. The van der Waals surface area contributed by atoms with Crippen molar-refractivity contribution in [3.8, 4) is 0 Å². The third kappa shape index (κ3) is 3.52. The fourth-order valence-electron chi connectivity index (χ4n) is 2.02. The van der Waals surface area contributed by atoms with Gasteiger partial charge in [-0.1, -0.05) is 6.07 Å². The summed E-state index contributed by atoms with van der Waals surface area (Å²) >= 11 is 1.78. The second-order valence-corrected chi connectivity index (χ2v) is 5.65. The molecule has 1 unspecified atom stereocenters. The van der Waals surface area contributed by atoms with Gasteiger partial charge in [0.2, 0.25) is 0 Å². The molecule has 0 amide bonds. The zero-order chi connectivity index (χ0) is 13.6. The minimum absolute atomic E-state index is 0.319. The number of methoxy groups -OCH3 is 2. The van der Waals surface area contributed by atoms with E-state index < -0.39 is 0 Å². The molecule has 4 nitrogen and oxygen atoms in total. The zero-order valence-electron chi connectivity index (χ0n) is 11.7. The molecule has 0 fully saturated rings. The van der Waals surface area contributed by atoms with Gasteiger partial charge >= 0.3 is 0 Å². The van der Waals surface area contributed by atoms with Crippen LogP contribution in [0.4, 0.5) is 0 Å². The molecule has 0 aliphatic heterocycles. The summed E-state index contributed by atoms with van der Waals surface area (Å²) in [6.45, 7) is 3.48. The Morgan fingerprint density at radius 1 is 1.44 bits per heavy atom. The normalized spacial score (nSPS) is 15.3. The number of rotatable bonds is 8. The van der Waals surface area contributed by atoms with Crippen LogP contribution in [0.15, 0.2) is 17.5 Å². The van der Waals surface area contributed by atoms with E-state index in [9.17, 15) is 0 Å². The lowest BCUT2D eigenvalue weighted by Crippen LogP contribution is -2.59. The third-order valence-corrected chi connectivity index (χ3v) is 4.43. The lowest BCUT2D eigenvalue weighted by molar-refractivity contribution is -0.176. The van der Waals surface area contributed by atoms with Gasteiger partial charge in [0, 0.05) is 32.2 Å². The maximum Gasteiger partial charge on any atom is 0.176 e. The van der Waals surface area contributed by atoms with Crippen LogP contribution in [0.5, 0.6) is 0 Å². The van der Waals surface area contributed by atoms with Crippen molar-refractivity contribution in [1.29, 1.82) is 0 Å². The number of hydrogen-bond donors (Lipinski definition) is 1. The standard InChI is InChI=1S/C13H24N2O2S/c1-13(10-14,12(16-3)17-4)15(2)8-7-11-6-5-9-18-11/h5-6,9,12H,7-8,10,14H2,1-4H3. The van der Waals surface area contributed by atoms with Gasteiger partial charge in [-0.15, -0.1) is 11.3 Å². The molecule has 1 rings (SSSR count). The van der Waals surface area contributed by atoms with Crippen LogP contribution in [0.2, 0.25) is 0 Å². The lowest BCUT2D eigenvalue weighted by Gasteiger charge is -2.42. The molecule has 0 aliphatic rings. The molecule has 0 radical (unpaired) electrons. The third-order valence-electron chi connectivity index (χ3n) is 3.49. The predicted molar refractivity (Wildman–Crippen MR) is 75.9 cm³/mol. The van der Waals surface area contributed by atoms with Gasteiger partial charge in [0.1, 0.15) is 0 Å². The second-order valence-electron chi connectivity index (χ2n) is 4.62. The van der Waals surface area contributed by atoms with Crippen molar-refractivity contribution >= 4 is 11.3 Å². The van der Waals surface area contributed by atoms with Gasteiger partial charge in [-0.05, 0) is 31.8 Å². The van der Waals surface area contributed by atoms with Crippen molar-refractivity contribution < 1.29 is 9.47 Å². The summed E-state index contributed by atoms with van der Waals surface area (Å²) in [7, 11) is 5.36. The van der Waals surface area contributed by atoms with E-state index in [-0.39, 0.29) is 11.8 Å². The summed E-state index contributed by atoms with van der Waals surface area (Å²) in [5.41, 5.74) is 5.59. The molecule has 0 aromatic carbocycles. The zero-order valence-corrected chi connectivity index (χ0v) is 12.5. The lowest BCUT2D eigenvalue weighted by atomic mass is 9.99. The minimum atomic E-state index is -0.323. The van der Waals surface area contributed by atoms with E-state index in [4.69, 9.17) is 15.2 Å². The highest BCUT2D eigenvalue weighted by molar-refractivity contribution is 7.09. The Morgan fingerprint density at radius 3 is 2.56 bits per heavy atom. The number of ether oxygens (including phenoxy) is 2. The number of likely N-dealkylation sites (N-methyl/N-ethyl adjacent to an activating group) is 1. The highest BCUT2D eigenvalue weighted by Gasteiger charge is 2.37. The molecule has 104 valence electrons. The number of thiophene rings is 1. The molecule has 18 heavy (non-hydrogen) atoms. The smallest absolute Gasteiger partial charge is 0.176 e. The van der Waals surface area contributed by atoms with E-state index >= 15 is 0 Å². The van der Waals surface area contributed by atoms with Gasteiger partial charge < -0.3 is 15.2 Å². The predicted octanol–water partition coefficient (Wildman–Crippen LogP) is 1.56.